The summed E-state index contributed by atoms with van der Waals surface area (Å²) in [6.07, 6.45) is 1.75. The molecule has 0 aromatic carbocycles. The second kappa shape index (κ2) is 7.88. The zero-order valence-corrected chi connectivity index (χ0v) is 12.8. The smallest absolute Gasteiger partial charge is 0.313 e. The summed E-state index contributed by atoms with van der Waals surface area (Å²) in [7, 11) is 0. The van der Waals surface area contributed by atoms with E-state index in [4.69, 9.17) is 9.52 Å². The lowest BCUT2D eigenvalue weighted by atomic mass is 10.1. The van der Waals surface area contributed by atoms with Gasteiger partial charge in [0.1, 0.15) is 5.76 Å². The molecule has 1 saturated heterocycles. The Balaban J connectivity index is 1.70. The number of rotatable bonds is 8. The minimum absolute atomic E-state index is 0.0225. The Labute approximate surface area is 132 Å². The fourth-order valence-electron chi connectivity index (χ4n) is 2.24. The first-order chi connectivity index (χ1) is 10.6. The molecule has 120 valence electrons. The molecule has 2 amide bonds. The van der Waals surface area contributed by atoms with Crippen LogP contribution in [0.4, 0.5) is 0 Å². The molecule has 0 spiro atoms. The third kappa shape index (κ3) is 4.80. The number of furan rings is 1. The first kappa shape index (κ1) is 16.4. The second-order valence-corrected chi connectivity index (χ2v) is 6.10. The highest BCUT2D eigenvalue weighted by molar-refractivity contribution is 7.99. The molecule has 0 radical (unpaired) electrons. The van der Waals surface area contributed by atoms with E-state index in [1.807, 2.05) is 0 Å². The van der Waals surface area contributed by atoms with Gasteiger partial charge in [-0.15, -0.1) is 11.8 Å². The van der Waals surface area contributed by atoms with Crippen molar-refractivity contribution in [2.75, 3.05) is 24.6 Å². The summed E-state index contributed by atoms with van der Waals surface area (Å²) in [6, 6.07) is 3.55. The minimum atomic E-state index is -0.869. The van der Waals surface area contributed by atoms with Gasteiger partial charge in [0.05, 0.1) is 24.5 Å². The van der Waals surface area contributed by atoms with Gasteiger partial charge in [0.2, 0.25) is 11.8 Å². The molecule has 2 rings (SSSR count). The number of carboxylic acid groups (broad SMARTS) is 1. The Hall–Kier alpha value is -1.96. The molecule has 2 N–H and O–H groups in total. The number of hydrogen-bond donors (Lipinski definition) is 2. The van der Waals surface area contributed by atoms with Crippen LogP contribution in [-0.2, 0) is 20.9 Å². The fourth-order valence-corrected chi connectivity index (χ4v) is 2.81. The van der Waals surface area contributed by atoms with Crippen molar-refractivity contribution in [1.29, 1.82) is 0 Å². The first-order valence-corrected chi connectivity index (χ1v) is 8.09. The molecule has 1 aromatic heterocycles. The number of carbonyl (C=O) groups excluding carboxylic acids is 2. The number of carbonyl (C=O) groups is 3. The van der Waals surface area contributed by atoms with Crippen LogP contribution < -0.4 is 5.32 Å². The lowest BCUT2D eigenvalue weighted by Crippen LogP contribution is -2.34. The molecule has 1 unspecified atom stereocenters. The van der Waals surface area contributed by atoms with Crippen LogP contribution in [0.3, 0.4) is 0 Å². The van der Waals surface area contributed by atoms with Gasteiger partial charge in [-0.1, -0.05) is 0 Å². The number of amides is 2. The Morgan fingerprint density at radius 3 is 3.00 bits per heavy atom. The summed E-state index contributed by atoms with van der Waals surface area (Å²) in [5.74, 6) is -0.190. The lowest BCUT2D eigenvalue weighted by molar-refractivity contribution is -0.134. The van der Waals surface area contributed by atoms with Crippen LogP contribution in [0.2, 0.25) is 0 Å². The van der Waals surface area contributed by atoms with Crippen LogP contribution in [0.5, 0.6) is 0 Å². The monoisotopic (exact) mass is 326 g/mol. The Morgan fingerprint density at radius 2 is 2.32 bits per heavy atom. The van der Waals surface area contributed by atoms with Crippen LogP contribution in [0.1, 0.15) is 12.2 Å². The van der Waals surface area contributed by atoms with E-state index in [0.29, 0.717) is 31.1 Å². The van der Waals surface area contributed by atoms with Crippen LogP contribution in [-0.4, -0.2) is 52.4 Å². The summed E-state index contributed by atoms with van der Waals surface area (Å²) >= 11 is 1.25. The molecule has 22 heavy (non-hydrogen) atoms. The number of carboxylic acids is 1. The van der Waals surface area contributed by atoms with E-state index < -0.39 is 5.97 Å². The predicted octanol–water partition coefficient (Wildman–Crippen LogP) is 0.562. The maximum Gasteiger partial charge on any atom is 0.313 e. The van der Waals surface area contributed by atoms with Crippen molar-refractivity contribution in [1.82, 2.24) is 10.2 Å². The normalized spacial score (nSPS) is 17.7. The maximum atomic E-state index is 12.0. The van der Waals surface area contributed by atoms with E-state index in [1.165, 1.54) is 11.8 Å². The zero-order chi connectivity index (χ0) is 15.9. The first-order valence-electron chi connectivity index (χ1n) is 6.93. The van der Waals surface area contributed by atoms with Crippen molar-refractivity contribution in [3.63, 3.8) is 0 Å². The topological polar surface area (TPSA) is 99.8 Å². The Morgan fingerprint density at radius 1 is 1.50 bits per heavy atom. The van der Waals surface area contributed by atoms with Gasteiger partial charge in [-0.3, -0.25) is 14.4 Å². The molecule has 0 aliphatic carbocycles. The number of nitrogens with one attached hydrogen (secondary N) is 1. The zero-order valence-electron chi connectivity index (χ0n) is 12.0. The van der Waals surface area contributed by atoms with Crippen molar-refractivity contribution in [3.05, 3.63) is 24.2 Å². The van der Waals surface area contributed by atoms with Crippen molar-refractivity contribution in [2.45, 2.75) is 13.0 Å². The van der Waals surface area contributed by atoms with Crippen molar-refractivity contribution < 1.29 is 23.9 Å². The molecular formula is C14H18N2O5S. The van der Waals surface area contributed by atoms with Crippen molar-refractivity contribution in [2.24, 2.45) is 5.92 Å². The molecule has 1 atom stereocenters. The average Bonchev–Trinajstić information content (AvgIpc) is 3.09. The van der Waals surface area contributed by atoms with Gasteiger partial charge in [0.15, 0.2) is 0 Å². The number of hydrogen-bond acceptors (Lipinski definition) is 5. The molecule has 1 aliphatic heterocycles. The van der Waals surface area contributed by atoms with Crippen LogP contribution in [0.15, 0.2) is 22.8 Å². The van der Waals surface area contributed by atoms with E-state index in [9.17, 15) is 14.4 Å². The van der Waals surface area contributed by atoms with Crippen LogP contribution in [0.25, 0.3) is 0 Å². The highest BCUT2D eigenvalue weighted by Crippen LogP contribution is 2.20. The maximum absolute atomic E-state index is 12.0. The molecular weight excluding hydrogens is 308 g/mol. The molecule has 8 heteroatoms. The van der Waals surface area contributed by atoms with Gasteiger partial charge in [0, 0.05) is 25.3 Å². The minimum Gasteiger partial charge on any atom is -0.481 e. The summed E-state index contributed by atoms with van der Waals surface area (Å²) in [4.78, 5) is 35.9. The highest BCUT2D eigenvalue weighted by atomic mass is 32.2. The summed E-state index contributed by atoms with van der Waals surface area (Å²) in [5.41, 5.74) is 0. The number of aliphatic carboxylic acids is 1. The molecule has 1 aromatic rings. The number of likely N-dealkylation sites (tertiary alicyclic amines) is 1. The van der Waals surface area contributed by atoms with Gasteiger partial charge in [-0.25, -0.2) is 0 Å². The molecule has 0 bridgehead atoms. The molecule has 1 aliphatic rings. The van der Waals surface area contributed by atoms with Crippen molar-refractivity contribution in [3.8, 4) is 0 Å². The van der Waals surface area contributed by atoms with Crippen LogP contribution in [0, 0.1) is 5.92 Å². The van der Waals surface area contributed by atoms with Gasteiger partial charge < -0.3 is 19.7 Å². The largest absolute Gasteiger partial charge is 0.481 e. The lowest BCUT2D eigenvalue weighted by Gasteiger charge is -2.15. The predicted molar refractivity (Wildman–Crippen MR) is 80.2 cm³/mol. The molecule has 2 heterocycles. The average molecular weight is 326 g/mol. The van der Waals surface area contributed by atoms with E-state index in [1.54, 1.807) is 23.3 Å². The Kier molecular flexibility index (Phi) is 5.88. The Bertz CT molecular complexity index is 531. The van der Waals surface area contributed by atoms with E-state index >= 15 is 0 Å². The fraction of sp³-hybridized carbons (Fsp3) is 0.500. The highest BCUT2D eigenvalue weighted by Gasteiger charge is 2.34. The van der Waals surface area contributed by atoms with Gasteiger partial charge in [-0.2, -0.15) is 0 Å². The summed E-state index contributed by atoms with van der Waals surface area (Å²) in [6.45, 7) is 1.16. The molecule has 1 fully saturated rings. The van der Waals surface area contributed by atoms with E-state index in [-0.39, 0.29) is 29.9 Å². The van der Waals surface area contributed by atoms with Gasteiger partial charge >= 0.3 is 5.97 Å². The van der Waals surface area contributed by atoms with Crippen LogP contribution >= 0.6 is 11.8 Å². The molecule has 7 nitrogen and oxygen atoms in total. The standard InChI is InChI=1S/C14H18N2O5S/c17-12-6-10(7-16(12)8-11-2-1-4-21-11)14(20)15-3-5-22-9-13(18)19/h1-2,4,10H,3,5-9H2,(H,15,20)(H,18,19). The van der Waals surface area contributed by atoms with E-state index in [2.05, 4.69) is 5.32 Å². The SMILES string of the molecule is O=C(O)CSCCNC(=O)C1CC(=O)N(Cc2ccco2)C1. The van der Waals surface area contributed by atoms with Gasteiger partial charge in [-0.05, 0) is 12.1 Å². The third-order valence-corrected chi connectivity index (χ3v) is 4.23. The molecule has 0 saturated carbocycles. The third-order valence-electron chi connectivity index (χ3n) is 3.28. The number of thioether (sulfide) groups is 1. The second-order valence-electron chi connectivity index (χ2n) is 4.99. The quantitative estimate of drug-likeness (QED) is 0.677. The van der Waals surface area contributed by atoms with Crippen molar-refractivity contribution >= 4 is 29.5 Å². The summed E-state index contributed by atoms with van der Waals surface area (Å²) in [5, 5.41) is 11.2. The summed E-state index contributed by atoms with van der Waals surface area (Å²) < 4.78 is 5.21. The number of nitrogens with zero attached hydrogens (tertiary/aromatic N) is 1. The van der Waals surface area contributed by atoms with Gasteiger partial charge in [0.25, 0.3) is 0 Å². The van der Waals surface area contributed by atoms with E-state index in [0.717, 1.165) is 0 Å².